The highest BCUT2D eigenvalue weighted by Gasteiger charge is 2.21. The van der Waals surface area contributed by atoms with Crippen molar-refractivity contribution in [1.82, 2.24) is 10.0 Å². The minimum atomic E-state index is -3.61. The maximum Gasteiger partial charge on any atom is 0.242 e. The Hall–Kier alpha value is -0.0400. The highest BCUT2D eigenvalue weighted by Crippen LogP contribution is 2.24. The molecule has 1 saturated heterocycles. The molecule has 19 heavy (non-hydrogen) atoms. The molecule has 1 fully saturated rings. The van der Waals surface area contributed by atoms with Crippen molar-refractivity contribution >= 4 is 45.6 Å². The third-order valence-electron chi connectivity index (χ3n) is 2.86. The van der Waals surface area contributed by atoms with Crippen molar-refractivity contribution in [2.45, 2.75) is 23.8 Å². The van der Waals surface area contributed by atoms with Gasteiger partial charge in [-0.2, -0.15) is 0 Å². The molecule has 8 heteroatoms. The molecular formula is C11H15Cl3N2O2S. The summed E-state index contributed by atoms with van der Waals surface area (Å²) in [6.07, 6.45) is 2.05. The van der Waals surface area contributed by atoms with Gasteiger partial charge in [0, 0.05) is 17.6 Å². The molecule has 0 spiro atoms. The SMILES string of the molecule is Cl.O=S(=O)(NCC1CCCN1)c1cc(Cl)ccc1Cl. The second kappa shape index (κ2) is 7.11. The number of hydrogen-bond acceptors (Lipinski definition) is 3. The van der Waals surface area contributed by atoms with E-state index in [0.29, 0.717) is 11.6 Å². The number of benzene rings is 1. The van der Waals surface area contributed by atoms with Gasteiger partial charge in [0.15, 0.2) is 0 Å². The van der Waals surface area contributed by atoms with Crippen molar-refractivity contribution in [1.29, 1.82) is 0 Å². The fourth-order valence-electron chi connectivity index (χ4n) is 1.90. The topological polar surface area (TPSA) is 58.2 Å². The first-order chi connectivity index (χ1) is 8.49. The summed E-state index contributed by atoms with van der Waals surface area (Å²) in [6.45, 7) is 1.30. The van der Waals surface area contributed by atoms with Crippen LogP contribution in [0, 0.1) is 0 Å². The first-order valence-corrected chi connectivity index (χ1v) is 7.91. The van der Waals surface area contributed by atoms with Gasteiger partial charge < -0.3 is 5.32 Å². The first-order valence-electron chi connectivity index (χ1n) is 5.67. The van der Waals surface area contributed by atoms with E-state index in [-0.39, 0.29) is 28.4 Å². The minimum absolute atomic E-state index is 0. The average Bonchev–Trinajstić information content (AvgIpc) is 2.83. The van der Waals surface area contributed by atoms with Gasteiger partial charge in [-0.05, 0) is 37.6 Å². The number of nitrogens with one attached hydrogen (secondary N) is 2. The van der Waals surface area contributed by atoms with Crippen molar-refractivity contribution in [2.24, 2.45) is 0 Å². The molecule has 1 heterocycles. The zero-order valence-electron chi connectivity index (χ0n) is 10.0. The van der Waals surface area contributed by atoms with Gasteiger partial charge in [-0.3, -0.25) is 0 Å². The van der Waals surface area contributed by atoms with Crippen LogP contribution < -0.4 is 10.0 Å². The van der Waals surface area contributed by atoms with E-state index in [2.05, 4.69) is 10.0 Å². The first kappa shape index (κ1) is 17.0. The minimum Gasteiger partial charge on any atom is -0.313 e. The molecule has 2 N–H and O–H groups in total. The molecule has 1 aromatic rings. The molecule has 0 saturated carbocycles. The molecule has 0 bridgehead atoms. The van der Waals surface area contributed by atoms with Gasteiger partial charge in [0.25, 0.3) is 0 Å². The molecule has 0 aromatic heterocycles. The van der Waals surface area contributed by atoms with E-state index in [9.17, 15) is 8.42 Å². The molecule has 1 aliphatic rings. The molecule has 0 amide bonds. The molecule has 4 nitrogen and oxygen atoms in total. The Bertz CT molecular complexity index is 531. The fourth-order valence-corrected chi connectivity index (χ4v) is 3.74. The summed E-state index contributed by atoms with van der Waals surface area (Å²) in [5.41, 5.74) is 0. The van der Waals surface area contributed by atoms with Gasteiger partial charge in [0.2, 0.25) is 10.0 Å². The van der Waals surface area contributed by atoms with Crippen molar-refractivity contribution in [3.63, 3.8) is 0 Å². The van der Waals surface area contributed by atoms with Crippen LogP contribution in [0.25, 0.3) is 0 Å². The lowest BCUT2D eigenvalue weighted by molar-refractivity contribution is 0.552. The number of halogens is 3. The van der Waals surface area contributed by atoms with Crippen molar-refractivity contribution in [3.05, 3.63) is 28.2 Å². The summed E-state index contributed by atoms with van der Waals surface area (Å²) < 4.78 is 26.7. The van der Waals surface area contributed by atoms with E-state index < -0.39 is 10.0 Å². The predicted molar refractivity (Wildman–Crippen MR) is 79.9 cm³/mol. The van der Waals surface area contributed by atoms with Crippen LogP contribution in [0.2, 0.25) is 10.0 Å². The Morgan fingerprint density at radius 1 is 1.37 bits per heavy atom. The lowest BCUT2D eigenvalue weighted by Crippen LogP contribution is -2.37. The van der Waals surface area contributed by atoms with Crippen molar-refractivity contribution in [3.8, 4) is 0 Å². The van der Waals surface area contributed by atoms with Crippen LogP contribution in [0.5, 0.6) is 0 Å². The quantitative estimate of drug-likeness (QED) is 0.881. The van der Waals surface area contributed by atoms with E-state index in [1.54, 1.807) is 6.07 Å². The largest absolute Gasteiger partial charge is 0.313 e. The Morgan fingerprint density at radius 2 is 2.11 bits per heavy atom. The predicted octanol–water partition coefficient (Wildman–Crippen LogP) is 2.45. The third kappa shape index (κ3) is 4.48. The van der Waals surface area contributed by atoms with Crippen LogP contribution in [0.1, 0.15) is 12.8 Å². The molecule has 0 aliphatic carbocycles. The number of sulfonamides is 1. The molecule has 108 valence electrons. The van der Waals surface area contributed by atoms with Crippen LogP contribution in [0.4, 0.5) is 0 Å². The van der Waals surface area contributed by atoms with Crippen molar-refractivity contribution in [2.75, 3.05) is 13.1 Å². The van der Waals surface area contributed by atoms with Crippen LogP contribution in [-0.2, 0) is 10.0 Å². The van der Waals surface area contributed by atoms with Gasteiger partial charge in [0.05, 0.1) is 5.02 Å². The van der Waals surface area contributed by atoms with E-state index >= 15 is 0 Å². The standard InChI is InChI=1S/C11H14Cl2N2O2S.ClH/c12-8-3-4-10(13)11(6-8)18(16,17)15-7-9-2-1-5-14-9;/h3-4,6,9,14-15H,1-2,5,7H2;1H. The Morgan fingerprint density at radius 3 is 2.74 bits per heavy atom. The smallest absolute Gasteiger partial charge is 0.242 e. The average molecular weight is 346 g/mol. The summed E-state index contributed by atoms with van der Waals surface area (Å²) in [6, 6.07) is 4.58. The summed E-state index contributed by atoms with van der Waals surface area (Å²) in [5.74, 6) is 0. The van der Waals surface area contributed by atoms with E-state index in [1.165, 1.54) is 12.1 Å². The number of hydrogen-bond donors (Lipinski definition) is 2. The van der Waals surface area contributed by atoms with Gasteiger partial charge in [0.1, 0.15) is 4.90 Å². The second-order valence-electron chi connectivity index (χ2n) is 4.22. The molecule has 1 unspecified atom stereocenters. The molecule has 1 atom stereocenters. The Balaban J connectivity index is 0.00000180. The van der Waals surface area contributed by atoms with Crippen molar-refractivity contribution < 1.29 is 8.42 Å². The molecule has 1 aromatic carbocycles. The van der Waals surface area contributed by atoms with Gasteiger partial charge in [-0.25, -0.2) is 13.1 Å². The third-order valence-corrected chi connectivity index (χ3v) is 5.01. The summed E-state index contributed by atoms with van der Waals surface area (Å²) >= 11 is 11.7. The number of rotatable bonds is 4. The van der Waals surface area contributed by atoms with E-state index in [1.807, 2.05) is 0 Å². The molecule has 1 aliphatic heterocycles. The lowest BCUT2D eigenvalue weighted by atomic mass is 10.2. The van der Waals surface area contributed by atoms with E-state index in [0.717, 1.165) is 19.4 Å². The second-order valence-corrected chi connectivity index (χ2v) is 6.80. The normalized spacial score (nSPS) is 19.2. The maximum absolute atomic E-state index is 12.1. The summed E-state index contributed by atoms with van der Waals surface area (Å²) in [4.78, 5) is 0.0228. The van der Waals surface area contributed by atoms with Gasteiger partial charge in [-0.15, -0.1) is 12.4 Å². The zero-order valence-corrected chi connectivity index (χ0v) is 13.2. The summed E-state index contributed by atoms with van der Waals surface area (Å²) in [5, 5.41) is 3.74. The monoisotopic (exact) mass is 344 g/mol. The zero-order chi connectivity index (χ0) is 13.2. The molecular weight excluding hydrogens is 331 g/mol. The maximum atomic E-state index is 12.1. The molecule has 2 rings (SSSR count). The molecule has 0 radical (unpaired) electrons. The van der Waals surface area contributed by atoms with Crippen LogP contribution in [0.3, 0.4) is 0 Å². The highest BCUT2D eigenvalue weighted by molar-refractivity contribution is 7.89. The lowest BCUT2D eigenvalue weighted by Gasteiger charge is -2.13. The van der Waals surface area contributed by atoms with Gasteiger partial charge in [-0.1, -0.05) is 23.2 Å². The van der Waals surface area contributed by atoms with E-state index in [4.69, 9.17) is 23.2 Å². The van der Waals surface area contributed by atoms with Gasteiger partial charge >= 0.3 is 0 Å². The fraction of sp³-hybridized carbons (Fsp3) is 0.455. The van der Waals surface area contributed by atoms with Crippen LogP contribution in [0.15, 0.2) is 23.1 Å². The van der Waals surface area contributed by atoms with Crippen LogP contribution in [-0.4, -0.2) is 27.5 Å². The van der Waals surface area contributed by atoms with Crippen LogP contribution >= 0.6 is 35.6 Å². The highest BCUT2D eigenvalue weighted by atomic mass is 35.5. The Kier molecular flexibility index (Phi) is 6.36. The Labute approximate surface area is 129 Å². The summed E-state index contributed by atoms with van der Waals surface area (Å²) in [7, 11) is -3.61.